The summed E-state index contributed by atoms with van der Waals surface area (Å²) in [6.07, 6.45) is 3.18. The second-order valence-electron chi connectivity index (χ2n) is 5.49. The van der Waals surface area contributed by atoms with E-state index in [0.29, 0.717) is 0 Å². The van der Waals surface area contributed by atoms with Crippen LogP contribution in [0.15, 0.2) is 48.5 Å². The molecule has 0 atom stereocenters. The predicted molar refractivity (Wildman–Crippen MR) is 83.0 cm³/mol. The van der Waals surface area contributed by atoms with Crippen LogP contribution >= 0.6 is 0 Å². The molecule has 4 rings (SSSR count). The Morgan fingerprint density at radius 1 is 1.05 bits per heavy atom. The van der Waals surface area contributed by atoms with Crippen molar-refractivity contribution in [2.75, 3.05) is 6.54 Å². The number of aromatic nitrogens is 1. The lowest BCUT2D eigenvalue weighted by molar-refractivity contribution is -0.436. The van der Waals surface area contributed by atoms with E-state index in [2.05, 4.69) is 46.7 Å². The molecule has 22 heavy (non-hydrogen) atoms. The van der Waals surface area contributed by atoms with Crippen molar-refractivity contribution >= 4 is 22.8 Å². The number of aryl methyl sites for hydroxylation is 1. The van der Waals surface area contributed by atoms with Crippen LogP contribution in [0, 0.1) is 5.82 Å². The van der Waals surface area contributed by atoms with Gasteiger partial charge in [-0.2, -0.15) is 4.58 Å². The molecule has 0 aliphatic carbocycles. The highest BCUT2D eigenvalue weighted by Gasteiger charge is 2.23. The maximum absolute atomic E-state index is 13.1. The molecule has 0 radical (unpaired) electrons. The van der Waals surface area contributed by atoms with Crippen LogP contribution in [0.5, 0.6) is 0 Å². The topological polar surface area (TPSA) is 7.94 Å². The van der Waals surface area contributed by atoms with Gasteiger partial charge in [0, 0.05) is 36.5 Å². The Kier molecular flexibility index (Phi) is 3.87. The summed E-state index contributed by atoms with van der Waals surface area (Å²) >= 11 is 0. The molecular formula is C18H16BrFN2. The van der Waals surface area contributed by atoms with Crippen LogP contribution < -0.4 is 17.0 Å². The number of fused-ring (bicyclic) bond motifs is 3. The Morgan fingerprint density at radius 3 is 2.55 bits per heavy atom. The van der Waals surface area contributed by atoms with Crippen molar-refractivity contribution in [1.29, 1.82) is 0 Å². The van der Waals surface area contributed by atoms with E-state index in [1.165, 1.54) is 34.3 Å². The van der Waals surface area contributed by atoms with E-state index < -0.39 is 0 Å². The molecule has 2 aromatic carbocycles. The Labute approximate surface area is 139 Å². The fourth-order valence-corrected chi connectivity index (χ4v) is 3.20. The van der Waals surface area contributed by atoms with Crippen LogP contribution in [0.1, 0.15) is 11.3 Å². The lowest BCUT2D eigenvalue weighted by Gasteiger charge is -2.10. The summed E-state index contributed by atoms with van der Waals surface area (Å²) in [7, 11) is 2.10. The fourth-order valence-electron chi connectivity index (χ4n) is 3.20. The molecule has 2 nitrogen and oxygen atoms in total. The van der Waals surface area contributed by atoms with Crippen molar-refractivity contribution in [1.82, 2.24) is 4.57 Å². The highest BCUT2D eigenvalue weighted by atomic mass is 79.9. The number of benzene rings is 2. The summed E-state index contributed by atoms with van der Waals surface area (Å²) < 4.78 is 17.5. The molecule has 0 spiro atoms. The zero-order valence-electron chi connectivity index (χ0n) is 12.3. The number of hydrogen-bond acceptors (Lipinski definition) is 0. The summed E-state index contributed by atoms with van der Waals surface area (Å²) in [5.74, 6) is -0.193. The third kappa shape index (κ3) is 2.28. The lowest BCUT2D eigenvalue weighted by Crippen LogP contribution is -3.00. The van der Waals surface area contributed by atoms with Crippen LogP contribution in [0.25, 0.3) is 10.9 Å². The number of para-hydroxylation sites is 1. The van der Waals surface area contributed by atoms with Crippen LogP contribution in [-0.4, -0.2) is 21.9 Å². The molecule has 0 saturated heterocycles. The second-order valence-corrected chi connectivity index (χ2v) is 5.49. The summed E-state index contributed by atoms with van der Waals surface area (Å²) in [4.78, 5) is 0. The first kappa shape index (κ1) is 15.0. The first-order chi connectivity index (χ1) is 10.2. The molecule has 1 aromatic heterocycles. The van der Waals surface area contributed by atoms with Crippen LogP contribution in [0.3, 0.4) is 0 Å². The van der Waals surface area contributed by atoms with Gasteiger partial charge in [-0.15, -0.1) is 0 Å². The first-order valence-electron chi connectivity index (χ1n) is 7.17. The zero-order chi connectivity index (χ0) is 14.4. The number of halogens is 2. The SMILES string of the molecule is Cn1c2c(c3ccccc31)CC[N+](c1ccc(F)cc1)=C2.[Br-]. The van der Waals surface area contributed by atoms with E-state index >= 15 is 0 Å². The molecule has 0 amide bonds. The standard InChI is InChI=1S/C18H16FN2.BrH/c1-20-17-5-3-2-4-15(17)16-10-11-21(12-18(16)20)14-8-6-13(19)7-9-14;/h2-9,12H,10-11H2,1H3;1H/q+1;/p-1. The largest absolute Gasteiger partial charge is 1.00 e. The molecule has 0 N–H and O–H groups in total. The Morgan fingerprint density at radius 2 is 1.77 bits per heavy atom. The second kappa shape index (κ2) is 5.69. The highest BCUT2D eigenvalue weighted by Crippen LogP contribution is 2.28. The van der Waals surface area contributed by atoms with Crippen molar-refractivity contribution in [3.8, 4) is 0 Å². The smallest absolute Gasteiger partial charge is 0.205 e. The molecule has 4 heteroatoms. The fraction of sp³-hybridized carbons (Fsp3) is 0.167. The van der Waals surface area contributed by atoms with Gasteiger partial charge in [0.2, 0.25) is 5.69 Å². The normalized spacial score (nSPS) is 13.5. The van der Waals surface area contributed by atoms with Gasteiger partial charge >= 0.3 is 0 Å². The quantitative estimate of drug-likeness (QED) is 0.564. The van der Waals surface area contributed by atoms with E-state index in [1.807, 2.05) is 12.1 Å². The van der Waals surface area contributed by atoms with Crippen molar-refractivity contribution in [2.45, 2.75) is 6.42 Å². The Bertz CT molecular complexity index is 863. The number of rotatable bonds is 1. The van der Waals surface area contributed by atoms with E-state index in [1.54, 1.807) is 0 Å². The monoisotopic (exact) mass is 358 g/mol. The molecular weight excluding hydrogens is 343 g/mol. The minimum Gasteiger partial charge on any atom is -1.00 e. The summed E-state index contributed by atoms with van der Waals surface area (Å²) in [5, 5.41) is 1.34. The van der Waals surface area contributed by atoms with Crippen LogP contribution in [-0.2, 0) is 13.5 Å². The Balaban J connectivity index is 0.00000144. The van der Waals surface area contributed by atoms with Gasteiger partial charge in [-0.1, -0.05) is 18.2 Å². The third-order valence-electron chi connectivity index (χ3n) is 4.30. The maximum Gasteiger partial charge on any atom is 0.205 e. The molecule has 112 valence electrons. The molecule has 1 aliphatic rings. The molecule has 0 saturated carbocycles. The van der Waals surface area contributed by atoms with E-state index in [4.69, 9.17) is 0 Å². The molecule has 1 aliphatic heterocycles. The zero-order valence-corrected chi connectivity index (χ0v) is 13.8. The van der Waals surface area contributed by atoms with E-state index in [0.717, 1.165) is 18.7 Å². The van der Waals surface area contributed by atoms with Crippen molar-refractivity contribution in [3.63, 3.8) is 0 Å². The highest BCUT2D eigenvalue weighted by molar-refractivity contribution is 5.94. The average Bonchev–Trinajstić information content (AvgIpc) is 2.81. The van der Waals surface area contributed by atoms with Gasteiger partial charge < -0.3 is 21.5 Å². The van der Waals surface area contributed by atoms with E-state index in [-0.39, 0.29) is 22.8 Å². The molecule has 3 aromatic rings. The van der Waals surface area contributed by atoms with Gasteiger partial charge in [0.1, 0.15) is 11.5 Å². The first-order valence-corrected chi connectivity index (χ1v) is 7.17. The van der Waals surface area contributed by atoms with Crippen molar-refractivity contribution in [3.05, 3.63) is 65.6 Å². The molecule has 2 heterocycles. The maximum atomic E-state index is 13.1. The molecule has 0 unspecified atom stereocenters. The summed E-state index contributed by atoms with van der Waals surface area (Å²) in [5.41, 5.74) is 4.95. The molecule has 0 bridgehead atoms. The van der Waals surface area contributed by atoms with Gasteiger partial charge in [-0.05, 0) is 23.8 Å². The lowest BCUT2D eigenvalue weighted by atomic mass is 10.1. The summed E-state index contributed by atoms with van der Waals surface area (Å²) in [6.45, 7) is 0.923. The van der Waals surface area contributed by atoms with Crippen LogP contribution in [0.2, 0.25) is 0 Å². The molecule has 0 fully saturated rings. The van der Waals surface area contributed by atoms with Crippen LogP contribution in [0.4, 0.5) is 10.1 Å². The van der Waals surface area contributed by atoms with E-state index in [9.17, 15) is 4.39 Å². The number of nitrogens with zero attached hydrogens (tertiary/aromatic N) is 2. The van der Waals surface area contributed by atoms with Gasteiger partial charge in [0.15, 0.2) is 12.8 Å². The average molecular weight is 359 g/mol. The van der Waals surface area contributed by atoms with Gasteiger partial charge in [-0.25, -0.2) is 4.39 Å². The minimum atomic E-state index is -0.193. The van der Waals surface area contributed by atoms with Gasteiger partial charge in [0.05, 0.1) is 0 Å². The van der Waals surface area contributed by atoms with Gasteiger partial charge in [-0.3, -0.25) is 0 Å². The predicted octanol–water partition coefficient (Wildman–Crippen LogP) is 0.641. The Hall–Kier alpha value is -1.94. The van der Waals surface area contributed by atoms with Gasteiger partial charge in [0.25, 0.3) is 0 Å². The number of hydrogen-bond donors (Lipinski definition) is 0. The minimum absolute atomic E-state index is 0. The summed E-state index contributed by atoms with van der Waals surface area (Å²) in [6, 6.07) is 15.2. The van der Waals surface area contributed by atoms with Crippen molar-refractivity contribution in [2.24, 2.45) is 7.05 Å². The van der Waals surface area contributed by atoms with Crippen molar-refractivity contribution < 1.29 is 25.9 Å². The third-order valence-corrected chi connectivity index (χ3v) is 4.30.